The van der Waals surface area contributed by atoms with E-state index in [1.807, 2.05) is 36.4 Å². The van der Waals surface area contributed by atoms with Gasteiger partial charge in [0.15, 0.2) is 0 Å². The van der Waals surface area contributed by atoms with Crippen molar-refractivity contribution < 1.29 is 13.0 Å². The van der Waals surface area contributed by atoms with E-state index in [1.54, 1.807) is 18.2 Å². The number of fused-ring (bicyclic) bond motifs is 3. The maximum atomic E-state index is 11.8. The van der Waals surface area contributed by atoms with E-state index in [0.29, 0.717) is 17.4 Å². The van der Waals surface area contributed by atoms with Crippen LogP contribution >= 0.6 is 0 Å². The molecule has 0 bridgehead atoms. The zero-order valence-electron chi connectivity index (χ0n) is 11.3. The summed E-state index contributed by atoms with van der Waals surface area (Å²) in [6.45, 7) is 3.63. The Bertz CT molecular complexity index is 962. The first-order valence-corrected chi connectivity index (χ1v) is 7.98. The monoisotopic (exact) mass is 340 g/mol. The third kappa shape index (κ3) is 3.07. The summed E-state index contributed by atoms with van der Waals surface area (Å²) in [5, 5.41) is 3.34. The summed E-state index contributed by atoms with van der Waals surface area (Å²) in [5.74, 6) is 0. The first-order chi connectivity index (χ1) is 10.0. The van der Waals surface area contributed by atoms with Crippen LogP contribution in [0, 0.1) is 0 Å². The molecule has 0 atom stereocenters. The van der Waals surface area contributed by atoms with Crippen molar-refractivity contribution in [3.63, 3.8) is 0 Å². The molecule has 0 aromatic heterocycles. The van der Waals surface area contributed by atoms with Crippen LogP contribution in [-0.4, -0.2) is 50.7 Å². The van der Waals surface area contributed by atoms with Crippen molar-refractivity contribution in [3.8, 4) is 0 Å². The molecule has 0 radical (unpaired) electrons. The van der Waals surface area contributed by atoms with Crippen molar-refractivity contribution in [2.75, 3.05) is 0 Å². The predicted octanol–water partition coefficient (Wildman–Crippen LogP) is 3.05. The summed E-state index contributed by atoms with van der Waals surface area (Å²) in [5.41, 5.74) is 0.551. The van der Waals surface area contributed by atoms with Gasteiger partial charge in [-0.15, -0.1) is 6.58 Å². The van der Waals surface area contributed by atoms with Gasteiger partial charge in [0.05, 0.1) is 0 Å². The topological polar surface area (TPSA) is 54.4 Å². The standard InChI is InChI=1S/C17H14O3S.Ca.2H/c1-2-5-13-9-10-15-14-7-4-3-6-12(14)8-11-16(15)17(13)21(18,19)20;;;/h2-4,6-11H,1,5H2,(H,18,19,20);;;. The molecule has 0 saturated carbocycles. The Balaban J connectivity index is 0.00000176. The summed E-state index contributed by atoms with van der Waals surface area (Å²) in [7, 11) is -4.30. The van der Waals surface area contributed by atoms with E-state index >= 15 is 0 Å². The quantitative estimate of drug-likeness (QED) is 0.345. The van der Waals surface area contributed by atoms with Crippen LogP contribution in [0.5, 0.6) is 0 Å². The molecule has 0 aliphatic carbocycles. The zero-order chi connectivity index (χ0) is 15.0. The maximum absolute atomic E-state index is 11.8. The van der Waals surface area contributed by atoms with Gasteiger partial charge in [-0.3, -0.25) is 4.55 Å². The molecule has 0 saturated heterocycles. The molecular formula is C17H16CaO3S. The molecule has 3 nitrogen and oxygen atoms in total. The molecule has 0 heterocycles. The van der Waals surface area contributed by atoms with Gasteiger partial charge in [-0.1, -0.05) is 54.6 Å². The Hall–Kier alpha value is -0.910. The van der Waals surface area contributed by atoms with Crippen molar-refractivity contribution in [2.45, 2.75) is 11.3 Å². The number of allylic oxidation sites excluding steroid dienone is 1. The van der Waals surface area contributed by atoms with Crippen molar-refractivity contribution in [2.24, 2.45) is 0 Å². The van der Waals surface area contributed by atoms with Gasteiger partial charge in [0.2, 0.25) is 0 Å². The van der Waals surface area contributed by atoms with Gasteiger partial charge in [-0.25, -0.2) is 0 Å². The molecule has 3 aromatic rings. The molecule has 1 N–H and O–H groups in total. The van der Waals surface area contributed by atoms with E-state index < -0.39 is 10.1 Å². The summed E-state index contributed by atoms with van der Waals surface area (Å²) in [4.78, 5) is -0.0225. The molecule has 0 spiro atoms. The van der Waals surface area contributed by atoms with Crippen molar-refractivity contribution in [3.05, 3.63) is 66.7 Å². The minimum atomic E-state index is -4.30. The van der Waals surface area contributed by atoms with Crippen LogP contribution in [0.1, 0.15) is 5.56 Å². The molecule has 0 fully saturated rings. The van der Waals surface area contributed by atoms with Crippen LogP contribution in [0.25, 0.3) is 21.5 Å². The molecule has 0 aliphatic heterocycles. The molecule has 5 heteroatoms. The van der Waals surface area contributed by atoms with Gasteiger partial charge < -0.3 is 0 Å². The second-order valence-electron chi connectivity index (χ2n) is 4.90. The van der Waals surface area contributed by atoms with Gasteiger partial charge in [0, 0.05) is 5.39 Å². The minimum absolute atomic E-state index is 0. The molecule has 110 valence electrons. The fraction of sp³-hybridized carbons (Fsp3) is 0.0588. The van der Waals surface area contributed by atoms with Crippen LogP contribution in [0.3, 0.4) is 0 Å². The van der Waals surface area contributed by atoms with Crippen LogP contribution in [0.4, 0.5) is 0 Å². The second kappa shape index (κ2) is 6.69. The van der Waals surface area contributed by atoms with E-state index in [9.17, 15) is 13.0 Å². The van der Waals surface area contributed by atoms with Gasteiger partial charge in [-0.2, -0.15) is 8.42 Å². The Morgan fingerprint density at radius 3 is 2.32 bits per heavy atom. The van der Waals surface area contributed by atoms with Crippen molar-refractivity contribution in [1.82, 2.24) is 0 Å². The Morgan fingerprint density at radius 1 is 0.955 bits per heavy atom. The molecule has 0 aliphatic rings. The number of benzene rings is 3. The average molecular weight is 340 g/mol. The molecular weight excluding hydrogens is 324 g/mol. The normalized spacial score (nSPS) is 11.3. The van der Waals surface area contributed by atoms with E-state index in [0.717, 1.165) is 16.2 Å². The van der Waals surface area contributed by atoms with Crippen LogP contribution < -0.4 is 0 Å². The third-order valence-corrected chi connectivity index (χ3v) is 4.58. The Labute approximate surface area is 159 Å². The number of hydrogen-bond donors (Lipinski definition) is 1. The van der Waals surface area contributed by atoms with Crippen LogP contribution in [-0.2, 0) is 16.5 Å². The van der Waals surface area contributed by atoms with Crippen molar-refractivity contribution in [1.29, 1.82) is 0 Å². The predicted molar refractivity (Wildman–Crippen MR) is 93.7 cm³/mol. The first kappa shape index (κ1) is 17.4. The summed E-state index contributed by atoms with van der Waals surface area (Å²) in [6, 6.07) is 15.0. The summed E-state index contributed by atoms with van der Waals surface area (Å²) >= 11 is 0. The fourth-order valence-electron chi connectivity index (χ4n) is 2.73. The molecule has 3 rings (SSSR count). The van der Waals surface area contributed by atoms with Gasteiger partial charge in [0.25, 0.3) is 10.1 Å². The average Bonchev–Trinajstić information content (AvgIpc) is 2.45. The van der Waals surface area contributed by atoms with Gasteiger partial charge >= 0.3 is 37.7 Å². The van der Waals surface area contributed by atoms with Crippen LogP contribution in [0.2, 0.25) is 0 Å². The molecule has 3 aromatic carbocycles. The van der Waals surface area contributed by atoms with E-state index in [4.69, 9.17) is 0 Å². The summed E-state index contributed by atoms with van der Waals surface area (Å²) in [6.07, 6.45) is 2.01. The van der Waals surface area contributed by atoms with E-state index in [-0.39, 0.29) is 42.6 Å². The Kier molecular flexibility index (Phi) is 5.30. The van der Waals surface area contributed by atoms with E-state index in [1.165, 1.54) is 0 Å². The van der Waals surface area contributed by atoms with E-state index in [2.05, 4.69) is 6.58 Å². The number of rotatable bonds is 3. The molecule has 0 amide bonds. The Morgan fingerprint density at radius 2 is 1.64 bits per heavy atom. The molecule has 22 heavy (non-hydrogen) atoms. The molecule has 0 unspecified atom stereocenters. The van der Waals surface area contributed by atoms with Gasteiger partial charge in [-0.05, 0) is 28.1 Å². The third-order valence-electron chi connectivity index (χ3n) is 3.58. The SMILES string of the molecule is C=CCc1ccc2c(ccc3ccccc32)c1S(=O)(=O)O.[CaH2]. The fourth-order valence-corrected chi connectivity index (χ4v) is 3.67. The number of hydrogen-bond acceptors (Lipinski definition) is 2. The first-order valence-electron chi connectivity index (χ1n) is 6.54. The van der Waals surface area contributed by atoms with Gasteiger partial charge in [0.1, 0.15) is 4.90 Å². The second-order valence-corrected chi connectivity index (χ2v) is 6.26. The summed E-state index contributed by atoms with van der Waals surface area (Å²) < 4.78 is 33.2. The zero-order valence-corrected chi connectivity index (χ0v) is 12.1. The van der Waals surface area contributed by atoms with Crippen LogP contribution in [0.15, 0.2) is 66.1 Å². The van der Waals surface area contributed by atoms with Crippen molar-refractivity contribution >= 4 is 69.4 Å².